The van der Waals surface area contributed by atoms with Crippen LogP contribution in [-0.2, 0) is 72.8 Å². The fourth-order valence-electron chi connectivity index (χ4n) is 8.08. The predicted octanol–water partition coefficient (Wildman–Crippen LogP) is 7.51. The van der Waals surface area contributed by atoms with Gasteiger partial charge in [0.05, 0.1) is 30.8 Å². The van der Waals surface area contributed by atoms with Gasteiger partial charge in [-0.1, -0.05) is 94.4 Å². The first-order valence-corrected chi connectivity index (χ1v) is 26.0. The lowest BCUT2D eigenvalue weighted by Crippen LogP contribution is -2.66. The average molecular weight is 963 g/mol. The highest BCUT2D eigenvalue weighted by Gasteiger charge is 2.60. The molecule has 0 unspecified atom stereocenters. The Morgan fingerprint density at radius 3 is 1.76 bits per heavy atom. The summed E-state index contributed by atoms with van der Waals surface area (Å²) in [4.78, 5) is 66.4. The number of esters is 4. The monoisotopic (exact) mass is 962 g/mol. The first-order chi connectivity index (χ1) is 32.2. The lowest BCUT2D eigenvalue weighted by molar-refractivity contribution is -0.353. The second-order valence-corrected chi connectivity index (χ2v) is 23.8. The lowest BCUT2D eigenvalue weighted by Gasteiger charge is -2.49. The van der Waals surface area contributed by atoms with Gasteiger partial charge in [-0.2, -0.15) is 0 Å². The Morgan fingerprint density at radius 2 is 1.21 bits per heavy atom. The van der Waals surface area contributed by atoms with Gasteiger partial charge in [0.2, 0.25) is 0 Å². The number of hydrogen-bond donors (Lipinski definition) is 0. The van der Waals surface area contributed by atoms with Gasteiger partial charge in [-0.3, -0.25) is 9.59 Å². The third-order valence-electron chi connectivity index (χ3n) is 13.1. The standard InChI is InChI=1S/C51H66O16Si/c1-31(2)50(5,6)68(9,10)59-30-38-40(65-49-45(62-39(54)27-26-32(3)52)43-41(66-51(7,8)67-43)37(61-49)29-57-33(4)53)42(63-46(55)35-22-16-12-17-23-35)44(64-47(56)36-24-18-13-19-25-36)48(60-38)58-28-34-20-14-11-15-21-34/h11-25,31,37-38,40-45,48-49H,26-30H2,1-10H3/t37-,38-,40-,41+,42+,43+,44-,45-,48-,49+/m1/s1. The summed E-state index contributed by atoms with van der Waals surface area (Å²) in [7, 11) is -2.65. The molecule has 6 rings (SSSR count). The van der Waals surface area contributed by atoms with E-state index in [1.807, 2.05) is 30.3 Å². The quantitative estimate of drug-likeness (QED) is 0.0614. The van der Waals surface area contributed by atoms with Crippen LogP contribution in [0.3, 0.4) is 0 Å². The van der Waals surface area contributed by atoms with Crippen LogP contribution in [0, 0.1) is 5.92 Å². The molecule has 17 heteroatoms. The molecule has 370 valence electrons. The average Bonchev–Trinajstić information content (AvgIpc) is 3.64. The Balaban J connectivity index is 1.50. The van der Waals surface area contributed by atoms with Crippen molar-refractivity contribution in [1.29, 1.82) is 0 Å². The van der Waals surface area contributed by atoms with Gasteiger partial charge in [0.15, 0.2) is 45.0 Å². The van der Waals surface area contributed by atoms with E-state index in [0.29, 0.717) is 0 Å². The fraction of sp³-hybridized carbons (Fsp3) is 0.549. The molecule has 3 aliphatic heterocycles. The van der Waals surface area contributed by atoms with Crippen molar-refractivity contribution in [2.24, 2.45) is 5.92 Å². The maximum absolute atomic E-state index is 14.4. The zero-order valence-electron chi connectivity index (χ0n) is 40.6. The van der Waals surface area contributed by atoms with Crippen LogP contribution >= 0.6 is 0 Å². The van der Waals surface area contributed by atoms with Crippen LogP contribution in [0.5, 0.6) is 0 Å². The SMILES string of the molecule is CC(=O)CCC(=O)O[C@H]1[C@H](O[C@H]2[C@H](OC(=O)c3ccccc3)[C@@H](OC(=O)c3ccccc3)[C@H](OCc3ccccc3)O[C@@H]2CO[Si](C)(C)C(C)(C)C(C)C)O[C@H](COC(C)=O)[C@@H]2OC(C)(C)O[C@@H]21. The van der Waals surface area contributed by atoms with Crippen molar-refractivity contribution in [1.82, 2.24) is 0 Å². The number of fused-ring (bicyclic) bond motifs is 1. The molecular weight excluding hydrogens is 897 g/mol. The summed E-state index contributed by atoms with van der Waals surface area (Å²) in [6, 6.07) is 25.9. The van der Waals surface area contributed by atoms with Gasteiger partial charge in [0.25, 0.3) is 0 Å². The first kappa shape index (κ1) is 52.5. The van der Waals surface area contributed by atoms with Crippen LogP contribution in [0.15, 0.2) is 91.0 Å². The molecule has 3 heterocycles. The highest BCUT2D eigenvalue weighted by molar-refractivity contribution is 6.74. The molecule has 0 aliphatic carbocycles. The predicted molar refractivity (Wildman–Crippen MR) is 247 cm³/mol. The second kappa shape index (κ2) is 22.7. The summed E-state index contributed by atoms with van der Waals surface area (Å²) in [5.74, 6) is -4.15. The van der Waals surface area contributed by atoms with E-state index in [0.717, 1.165) is 5.56 Å². The highest BCUT2D eigenvalue weighted by Crippen LogP contribution is 2.46. The van der Waals surface area contributed by atoms with E-state index in [2.05, 4.69) is 40.8 Å². The number of Topliss-reactive ketones (excluding diaryl/α,β-unsaturated/α-hetero) is 1. The molecule has 0 N–H and O–H groups in total. The van der Waals surface area contributed by atoms with Gasteiger partial charge >= 0.3 is 23.9 Å². The molecule has 3 saturated heterocycles. The molecule has 0 aromatic heterocycles. The molecule has 3 fully saturated rings. The lowest BCUT2D eigenvalue weighted by atomic mass is 9.96. The summed E-state index contributed by atoms with van der Waals surface area (Å²) in [5.41, 5.74) is 1.16. The van der Waals surface area contributed by atoms with Gasteiger partial charge in [-0.25, -0.2) is 9.59 Å². The minimum atomic E-state index is -2.65. The first-order valence-electron chi connectivity index (χ1n) is 23.1. The minimum Gasteiger partial charge on any atom is -0.463 e. The minimum absolute atomic E-state index is 0.00200. The Morgan fingerprint density at radius 1 is 0.662 bits per heavy atom. The third kappa shape index (κ3) is 13.3. The van der Waals surface area contributed by atoms with Crippen molar-refractivity contribution in [3.05, 3.63) is 108 Å². The van der Waals surface area contributed by atoms with Crippen LogP contribution in [-0.4, -0.2) is 118 Å². The fourth-order valence-corrected chi connectivity index (χ4v) is 10.4. The van der Waals surface area contributed by atoms with Crippen LogP contribution in [0.1, 0.15) is 94.5 Å². The van der Waals surface area contributed by atoms with Gasteiger partial charge in [-0.15, -0.1) is 0 Å². The number of rotatable bonds is 20. The largest absolute Gasteiger partial charge is 0.463 e. The van der Waals surface area contributed by atoms with E-state index in [1.165, 1.54) is 13.8 Å². The summed E-state index contributed by atoms with van der Waals surface area (Å²) < 4.78 is 70.9. The summed E-state index contributed by atoms with van der Waals surface area (Å²) >= 11 is 0. The van der Waals surface area contributed by atoms with E-state index in [-0.39, 0.29) is 60.5 Å². The second-order valence-electron chi connectivity index (χ2n) is 19.2. The number of ketones is 1. The molecule has 68 heavy (non-hydrogen) atoms. The molecule has 0 amide bonds. The maximum Gasteiger partial charge on any atom is 0.338 e. The smallest absolute Gasteiger partial charge is 0.338 e. The zero-order valence-corrected chi connectivity index (χ0v) is 41.6. The van der Waals surface area contributed by atoms with Crippen LogP contribution in [0.25, 0.3) is 0 Å². The van der Waals surface area contributed by atoms with Crippen molar-refractivity contribution in [3.63, 3.8) is 0 Å². The Labute approximate surface area is 399 Å². The normalized spacial score (nSPS) is 26.9. The topological polar surface area (TPSA) is 187 Å². The van der Waals surface area contributed by atoms with E-state index in [1.54, 1.807) is 74.5 Å². The molecule has 0 spiro atoms. The summed E-state index contributed by atoms with van der Waals surface area (Å²) in [6.07, 6.45) is -13.4. The van der Waals surface area contributed by atoms with E-state index in [9.17, 15) is 24.0 Å². The molecule has 3 aliphatic rings. The van der Waals surface area contributed by atoms with Crippen molar-refractivity contribution in [2.45, 2.75) is 160 Å². The Kier molecular flexibility index (Phi) is 17.5. The van der Waals surface area contributed by atoms with Crippen molar-refractivity contribution >= 4 is 38.0 Å². The van der Waals surface area contributed by atoms with Crippen LogP contribution < -0.4 is 0 Å². The number of ether oxygens (including phenoxy) is 10. The van der Waals surface area contributed by atoms with Crippen molar-refractivity contribution < 1.29 is 75.8 Å². The van der Waals surface area contributed by atoms with Crippen LogP contribution in [0.2, 0.25) is 18.1 Å². The van der Waals surface area contributed by atoms with Gasteiger partial charge < -0.3 is 56.6 Å². The number of hydrogen-bond acceptors (Lipinski definition) is 16. The summed E-state index contributed by atoms with van der Waals surface area (Å²) in [5, 5.41) is -0.259. The summed E-state index contributed by atoms with van der Waals surface area (Å²) in [6.45, 7) is 18.3. The van der Waals surface area contributed by atoms with E-state index < -0.39 is 99.4 Å². The maximum atomic E-state index is 14.4. The number of carbonyl (C=O) groups excluding carboxylic acids is 5. The highest BCUT2D eigenvalue weighted by atomic mass is 28.4. The van der Waals surface area contributed by atoms with E-state index >= 15 is 0 Å². The van der Waals surface area contributed by atoms with E-state index in [4.69, 9.17) is 51.8 Å². The molecule has 0 saturated carbocycles. The molecule has 0 bridgehead atoms. The molecule has 16 nitrogen and oxygen atoms in total. The molecule has 10 atom stereocenters. The Bertz CT molecular complexity index is 2170. The van der Waals surface area contributed by atoms with Gasteiger partial charge in [0, 0.05) is 13.3 Å². The molecule has 3 aromatic carbocycles. The molecule has 0 radical (unpaired) electrons. The number of benzene rings is 3. The zero-order chi connectivity index (χ0) is 49.4. The van der Waals surface area contributed by atoms with Gasteiger partial charge in [-0.05, 0) is 74.7 Å². The molecular formula is C51H66O16Si. The third-order valence-corrected chi connectivity index (χ3v) is 17.6. The number of carbonyl (C=O) groups is 5. The van der Waals surface area contributed by atoms with Crippen LogP contribution in [0.4, 0.5) is 0 Å². The van der Waals surface area contributed by atoms with Gasteiger partial charge in [0.1, 0.15) is 42.9 Å². The van der Waals surface area contributed by atoms with Crippen molar-refractivity contribution in [3.8, 4) is 0 Å². The Hall–Kier alpha value is -4.85. The molecule has 3 aromatic rings. The van der Waals surface area contributed by atoms with Crippen molar-refractivity contribution in [2.75, 3.05) is 13.2 Å².